The number of hydrogen-bond acceptors (Lipinski definition) is 6. The Morgan fingerprint density at radius 1 is 1.30 bits per heavy atom. The fourth-order valence-electron chi connectivity index (χ4n) is 3.32. The fraction of sp³-hybridized carbons (Fsp3) is 0.368. The van der Waals surface area contributed by atoms with Crippen molar-refractivity contribution in [3.05, 3.63) is 39.3 Å². The van der Waals surface area contributed by atoms with E-state index in [4.69, 9.17) is 0 Å². The van der Waals surface area contributed by atoms with E-state index in [-0.39, 0.29) is 30.2 Å². The van der Waals surface area contributed by atoms with Crippen LogP contribution in [0.2, 0.25) is 0 Å². The molecule has 2 atom stereocenters. The molecule has 0 radical (unpaired) electrons. The Morgan fingerprint density at radius 3 is 2.85 bits per heavy atom. The van der Waals surface area contributed by atoms with Crippen LogP contribution < -0.4 is 10.2 Å². The zero-order valence-corrected chi connectivity index (χ0v) is 17.0. The van der Waals surface area contributed by atoms with Crippen molar-refractivity contribution in [1.82, 2.24) is 15.3 Å². The van der Waals surface area contributed by atoms with Crippen LogP contribution in [0.25, 0.3) is 10.2 Å². The first-order valence-corrected chi connectivity index (χ1v) is 10.5. The van der Waals surface area contributed by atoms with Crippen LogP contribution in [0.3, 0.4) is 0 Å². The lowest BCUT2D eigenvalue weighted by Crippen LogP contribution is -2.34. The van der Waals surface area contributed by atoms with Crippen LogP contribution in [0.15, 0.2) is 23.6 Å². The highest BCUT2D eigenvalue weighted by Gasteiger charge is 2.35. The Balaban J connectivity index is 1.46. The molecule has 0 aliphatic carbocycles. The molecule has 1 aliphatic heterocycles. The Labute approximate surface area is 165 Å². The van der Waals surface area contributed by atoms with Crippen molar-refractivity contribution in [1.29, 1.82) is 0 Å². The minimum Gasteiger partial charge on any atom is -0.348 e. The summed E-state index contributed by atoms with van der Waals surface area (Å²) in [4.78, 5) is 35.8. The summed E-state index contributed by atoms with van der Waals surface area (Å²) in [5.41, 5.74) is 2.55. The first-order valence-electron chi connectivity index (χ1n) is 8.80. The number of carbonyl (C=O) groups excluding carboxylic acids is 2. The molecule has 1 saturated heterocycles. The predicted molar refractivity (Wildman–Crippen MR) is 108 cm³/mol. The van der Waals surface area contributed by atoms with Gasteiger partial charge in [0.15, 0.2) is 0 Å². The van der Waals surface area contributed by atoms with Crippen LogP contribution in [0, 0.1) is 19.8 Å². The third-order valence-corrected chi connectivity index (χ3v) is 6.47. The monoisotopic (exact) mass is 400 g/mol. The predicted octanol–water partition coefficient (Wildman–Crippen LogP) is 3.60. The normalized spacial score (nSPS) is 18.3. The topological polar surface area (TPSA) is 75.2 Å². The van der Waals surface area contributed by atoms with Gasteiger partial charge in [0, 0.05) is 24.0 Å². The van der Waals surface area contributed by atoms with Gasteiger partial charge in [-0.15, -0.1) is 22.7 Å². The van der Waals surface area contributed by atoms with E-state index >= 15 is 0 Å². The number of anilines is 1. The molecular weight excluding hydrogens is 380 g/mol. The summed E-state index contributed by atoms with van der Waals surface area (Å²) in [5.74, 6) is -0.485. The quantitative estimate of drug-likeness (QED) is 0.726. The molecule has 27 heavy (non-hydrogen) atoms. The maximum Gasteiger partial charge on any atom is 0.227 e. The molecule has 1 N–H and O–H groups in total. The van der Waals surface area contributed by atoms with Crippen LogP contribution >= 0.6 is 22.7 Å². The van der Waals surface area contributed by atoms with Gasteiger partial charge in [-0.05, 0) is 39.0 Å². The number of amides is 2. The van der Waals surface area contributed by atoms with Gasteiger partial charge in [0.25, 0.3) is 0 Å². The van der Waals surface area contributed by atoms with Gasteiger partial charge in [0.1, 0.15) is 0 Å². The molecule has 2 aromatic heterocycles. The van der Waals surface area contributed by atoms with Gasteiger partial charge in [-0.1, -0.05) is 0 Å². The highest BCUT2D eigenvalue weighted by molar-refractivity contribution is 7.18. The second kappa shape index (κ2) is 7.01. The number of thiazole rings is 2. The van der Waals surface area contributed by atoms with E-state index in [9.17, 15) is 9.59 Å². The molecule has 2 unspecified atom stereocenters. The third-order valence-electron chi connectivity index (χ3n) is 4.72. The van der Waals surface area contributed by atoms with E-state index in [1.54, 1.807) is 27.6 Å². The fourth-order valence-corrected chi connectivity index (χ4v) is 4.83. The first-order chi connectivity index (χ1) is 12.9. The molecule has 140 valence electrons. The van der Waals surface area contributed by atoms with Crippen LogP contribution in [0.5, 0.6) is 0 Å². The largest absolute Gasteiger partial charge is 0.348 e. The summed E-state index contributed by atoms with van der Waals surface area (Å²) in [6.07, 6.45) is 0.225. The molecule has 3 aromatic rings. The second-order valence-corrected chi connectivity index (χ2v) is 9.11. The number of aromatic nitrogens is 2. The summed E-state index contributed by atoms with van der Waals surface area (Å²) < 4.78 is 1.10. The molecule has 0 spiro atoms. The van der Waals surface area contributed by atoms with Gasteiger partial charge in [-0.2, -0.15) is 0 Å². The van der Waals surface area contributed by atoms with E-state index in [2.05, 4.69) is 15.3 Å². The molecule has 1 aliphatic rings. The van der Waals surface area contributed by atoms with Crippen molar-refractivity contribution in [2.24, 2.45) is 5.92 Å². The summed E-state index contributed by atoms with van der Waals surface area (Å²) in [6, 6.07) is 5.68. The van der Waals surface area contributed by atoms with Crippen molar-refractivity contribution in [2.75, 3.05) is 11.4 Å². The SMILES string of the molecule is Cc1nc(C(C)NC(=O)C2CC(=O)N(c3ccc4sc(C)nc4c3)C2)cs1. The molecule has 0 bridgehead atoms. The van der Waals surface area contributed by atoms with Crippen molar-refractivity contribution < 1.29 is 9.59 Å². The first kappa shape index (κ1) is 18.1. The maximum atomic E-state index is 12.6. The van der Waals surface area contributed by atoms with E-state index in [0.29, 0.717) is 6.54 Å². The maximum absolute atomic E-state index is 12.6. The van der Waals surface area contributed by atoms with E-state index < -0.39 is 0 Å². The van der Waals surface area contributed by atoms with Gasteiger partial charge in [0.05, 0.1) is 37.9 Å². The molecule has 8 heteroatoms. The number of nitrogens with one attached hydrogen (secondary N) is 1. The zero-order chi connectivity index (χ0) is 19.1. The number of aryl methyl sites for hydroxylation is 2. The zero-order valence-electron chi connectivity index (χ0n) is 15.4. The number of rotatable bonds is 4. The van der Waals surface area contributed by atoms with Gasteiger partial charge in [0.2, 0.25) is 11.8 Å². The molecular formula is C19H20N4O2S2. The molecule has 2 amide bonds. The average Bonchev–Trinajstić information content (AvgIpc) is 3.31. The standard InChI is InChI=1S/C19H20N4O2S2/c1-10(16-9-26-11(2)21-16)20-19(25)13-6-18(24)23(8-13)14-4-5-17-15(7-14)22-12(3)27-17/h4-5,7,9-10,13H,6,8H2,1-3H3,(H,20,25). The van der Waals surface area contributed by atoms with Crippen LogP contribution in [0.4, 0.5) is 5.69 Å². The minimum atomic E-state index is -0.354. The molecule has 3 heterocycles. The van der Waals surface area contributed by atoms with E-state index in [1.165, 1.54) is 0 Å². The number of fused-ring (bicyclic) bond motifs is 1. The van der Waals surface area contributed by atoms with Crippen molar-refractivity contribution in [3.8, 4) is 0 Å². The average molecular weight is 401 g/mol. The van der Waals surface area contributed by atoms with Crippen LogP contribution in [-0.4, -0.2) is 28.3 Å². The molecule has 4 rings (SSSR count). The van der Waals surface area contributed by atoms with Gasteiger partial charge in [-0.25, -0.2) is 9.97 Å². The van der Waals surface area contributed by atoms with Crippen molar-refractivity contribution in [2.45, 2.75) is 33.2 Å². The van der Waals surface area contributed by atoms with Crippen molar-refractivity contribution in [3.63, 3.8) is 0 Å². The number of nitrogens with zero attached hydrogens (tertiary/aromatic N) is 3. The smallest absolute Gasteiger partial charge is 0.227 e. The van der Waals surface area contributed by atoms with Crippen LogP contribution in [0.1, 0.15) is 35.1 Å². The van der Waals surface area contributed by atoms with E-state index in [0.717, 1.165) is 31.6 Å². The van der Waals surface area contributed by atoms with Gasteiger partial charge < -0.3 is 10.2 Å². The number of hydrogen-bond donors (Lipinski definition) is 1. The molecule has 1 fully saturated rings. The molecule has 1 aromatic carbocycles. The van der Waals surface area contributed by atoms with Crippen LogP contribution in [-0.2, 0) is 9.59 Å². The number of benzene rings is 1. The minimum absolute atomic E-state index is 0.0291. The lowest BCUT2D eigenvalue weighted by atomic mass is 10.1. The Bertz CT molecular complexity index is 1030. The van der Waals surface area contributed by atoms with Gasteiger partial charge in [-0.3, -0.25) is 9.59 Å². The van der Waals surface area contributed by atoms with E-state index in [1.807, 2.05) is 44.4 Å². The highest BCUT2D eigenvalue weighted by Crippen LogP contribution is 2.30. The molecule has 0 saturated carbocycles. The Hall–Kier alpha value is -2.32. The summed E-state index contributed by atoms with van der Waals surface area (Å²) in [7, 11) is 0. The lowest BCUT2D eigenvalue weighted by Gasteiger charge is -2.18. The number of carbonyl (C=O) groups is 2. The molecule has 6 nitrogen and oxygen atoms in total. The summed E-state index contributed by atoms with van der Waals surface area (Å²) >= 11 is 3.20. The van der Waals surface area contributed by atoms with Gasteiger partial charge >= 0.3 is 0 Å². The second-order valence-electron chi connectivity index (χ2n) is 6.81. The Kier molecular flexibility index (Phi) is 4.69. The third kappa shape index (κ3) is 3.59. The highest BCUT2D eigenvalue weighted by atomic mass is 32.1. The Morgan fingerprint density at radius 2 is 2.11 bits per heavy atom. The summed E-state index contributed by atoms with van der Waals surface area (Å²) in [6.45, 7) is 6.22. The summed E-state index contributed by atoms with van der Waals surface area (Å²) in [5, 5.41) is 6.92. The lowest BCUT2D eigenvalue weighted by molar-refractivity contribution is -0.126. The van der Waals surface area contributed by atoms with Crippen molar-refractivity contribution >= 4 is 50.4 Å².